The van der Waals surface area contributed by atoms with E-state index in [0.717, 1.165) is 20.5 Å². The van der Waals surface area contributed by atoms with Crippen molar-refractivity contribution in [3.63, 3.8) is 0 Å². The van der Waals surface area contributed by atoms with Gasteiger partial charge in [0.15, 0.2) is 0 Å². The summed E-state index contributed by atoms with van der Waals surface area (Å²) in [5.41, 5.74) is 3.36. The van der Waals surface area contributed by atoms with Gasteiger partial charge in [-0.2, -0.15) is 0 Å². The quantitative estimate of drug-likeness (QED) is 0.843. The highest BCUT2D eigenvalue weighted by molar-refractivity contribution is 7.16. The van der Waals surface area contributed by atoms with Crippen LogP contribution >= 0.6 is 34.5 Å². The van der Waals surface area contributed by atoms with Crippen LogP contribution in [-0.2, 0) is 0 Å². The minimum absolute atomic E-state index is 0.0919. The fraction of sp³-hybridized carbons (Fsp3) is 0.286. The van der Waals surface area contributed by atoms with Crippen molar-refractivity contribution in [1.82, 2.24) is 5.32 Å². The number of benzene rings is 1. The average molecular weight is 300 g/mol. The molecule has 18 heavy (non-hydrogen) atoms. The van der Waals surface area contributed by atoms with E-state index in [1.54, 1.807) is 11.3 Å². The molecule has 0 aliphatic heterocycles. The molecule has 1 aromatic carbocycles. The fourth-order valence-electron chi connectivity index (χ4n) is 1.94. The third kappa shape index (κ3) is 2.72. The molecule has 0 aliphatic rings. The topological polar surface area (TPSA) is 12.0 Å². The number of thiophene rings is 1. The van der Waals surface area contributed by atoms with Gasteiger partial charge in [0.2, 0.25) is 0 Å². The summed E-state index contributed by atoms with van der Waals surface area (Å²) >= 11 is 14.1. The van der Waals surface area contributed by atoms with Crippen molar-refractivity contribution < 1.29 is 0 Å². The molecular formula is C14H15Cl2NS. The summed E-state index contributed by atoms with van der Waals surface area (Å²) in [5, 5.41) is 4.09. The van der Waals surface area contributed by atoms with Crippen LogP contribution in [0.4, 0.5) is 0 Å². The number of aryl methyl sites for hydroxylation is 2. The fourth-order valence-corrected chi connectivity index (χ4v) is 3.63. The van der Waals surface area contributed by atoms with Gasteiger partial charge in [-0.3, -0.25) is 0 Å². The zero-order chi connectivity index (χ0) is 13.3. The van der Waals surface area contributed by atoms with Crippen molar-refractivity contribution >= 4 is 34.5 Å². The number of hydrogen-bond donors (Lipinski definition) is 1. The zero-order valence-corrected chi connectivity index (χ0v) is 12.9. The summed E-state index contributed by atoms with van der Waals surface area (Å²) < 4.78 is 0.841. The lowest BCUT2D eigenvalue weighted by Gasteiger charge is -2.17. The highest BCUT2D eigenvalue weighted by atomic mass is 35.5. The molecule has 1 atom stereocenters. The lowest BCUT2D eigenvalue weighted by molar-refractivity contribution is 0.703. The SMILES string of the molecule is CNC(c1cc(C)c(Cl)s1)c1ccc(C)cc1Cl. The molecular weight excluding hydrogens is 285 g/mol. The zero-order valence-electron chi connectivity index (χ0n) is 10.6. The number of nitrogens with one attached hydrogen (secondary N) is 1. The second-order valence-electron chi connectivity index (χ2n) is 4.35. The molecule has 1 N–H and O–H groups in total. The molecule has 2 aromatic rings. The monoisotopic (exact) mass is 299 g/mol. The van der Waals surface area contributed by atoms with Crippen LogP contribution in [-0.4, -0.2) is 7.05 Å². The van der Waals surface area contributed by atoms with E-state index in [-0.39, 0.29) is 6.04 Å². The second kappa shape index (κ2) is 5.62. The Labute approximate surface area is 122 Å². The van der Waals surface area contributed by atoms with Crippen LogP contribution in [0.3, 0.4) is 0 Å². The molecule has 0 saturated heterocycles. The molecule has 0 bridgehead atoms. The van der Waals surface area contributed by atoms with Crippen molar-refractivity contribution in [3.05, 3.63) is 55.2 Å². The van der Waals surface area contributed by atoms with Crippen molar-refractivity contribution in [1.29, 1.82) is 0 Å². The molecule has 0 spiro atoms. The standard InChI is InChI=1S/C14H15Cl2NS/c1-8-4-5-10(11(15)6-8)13(17-3)12-7-9(2)14(16)18-12/h4-7,13,17H,1-3H3. The number of halogens is 2. The summed E-state index contributed by atoms with van der Waals surface area (Å²) in [7, 11) is 1.93. The third-order valence-corrected chi connectivity index (χ3v) is 4.86. The van der Waals surface area contributed by atoms with Crippen molar-refractivity contribution in [3.8, 4) is 0 Å². The van der Waals surface area contributed by atoms with Gasteiger partial charge in [-0.05, 0) is 49.7 Å². The largest absolute Gasteiger partial charge is 0.309 e. The Morgan fingerprint density at radius 2 is 1.89 bits per heavy atom. The molecule has 0 saturated carbocycles. The highest BCUT2D eigenvalue weighted by Crippen LogP contribution is 2.36. The van der Waals surface area contributed by atoms with Crippen LogP contribution < -0.4 is 5.32 Å². The second-order valence-corrected chi connectivity index (χ2v) is 6.45. The van der Waals surface area contributed by atoms with Crippen molar-refractivity contribution in [2.24, 2.45) is 0 Å². The van der Waals surface area contributed by atoms with E-state index >= 15 is 0 Å². The molecule has 1 unspecified atom stereocenters. The predicted octanol–water partition coefficient (Wildman–Crippen LogP) is 4.98. The van der Waals surface area contributed by atoms with Crippen LogP contribution in [0.25, 0.3) is 0 Å². The van der Waals surface area contributed by atoms with Crippen LogP contribution in [0.15, 0.2) is 24.3 Å². The maximum Gasteiger partial charge on any atom is 0.0961 e. The number of hydrogen-bond acceptors (Lipinski definition) is 2. The molecule has 0 radical (unpaired) electrons. The van der Waals surface area contributed by atoms with E-state index < -0.39 is 0 Å². The molecule has 1 heterocycles. The first kappa shape index (κ1) is 13.9. The highest BCUT2D eigenvalue weighted by Gasteiger charge is 2.18. The Morgan fingerprint density at radius 3 is 2.39 bits per heavy atom. The van der Waals surface area contributed by atoms with Gasteiger partial charge in [-0.25, -0.2) is 0 Å². The van der Waals surface area contributed by atoms with E-state index in [1.807, 2.05) is 27.0 Å². The van der Waals surface area contributed by atoms with Crippen LogP contribution in [0.2, 0.25) is 9.36 Å². The lowest BCUT2D eigenvalue weighted by Crippen LogP contribution is -2.16. The minimum atomic E-state index is 0.0919. The van der Waals surface area contributed by atoms with Crippen LogP contribution in [0.5, 0.6) is 0 Å². The van der Waals surface area contributed by atoms with Crippen LogP contribution in [0.1, 0.15) is 27.6 Å². The van der Waals surface area contributed by atoms with E-state index in [9.17, 15) is 0 Å². The van der Waals surface area contributed by atoms with Crippen molar-refractivity contribution in [2.45, 2.75) is 19.9 Å². The molecule has 96 valence electrons. The molecule has 1 nitrogen and oxygen atoms in total. The molecule has 1 aromatic heterocycles. The van der Waals surface area contributed by atoms with E-state index in [4.69, 9.17) is 23.2 Å². The third-order valence-electron chi connectivity index (χ3n) is 2.92. The minimum Gasteiger partial charge on any atom is -0.309 e. The summed E-state index contributed by atoms with van der Waals surface area (Å²) in [4.78, 5) is 1.19. The van der Waals surface area contributed by atoms with Gasteiger partial charge >= 0.3 is 0 Å². The van der Waals surface area contributed by atoms with Crippen LogP contribution in [0, 0.1) is 13.8 Å². The molecule has 2 rings (SSSR count). The van der Waals surface area contributed by atoms with Gasteiger partial charge in [0.05, 0.1) is 10.4 Å². The molecule has 0 amide bonds. The van der Waals surface area contributed by atoms with Gasteiger partial charge in [-0.1, -0.05) is 35.3 Å². The number of rotatable bonds is 3. The van der Waals surface area contributed by atoms with Gasteiger partial charge < -0.3 is 5.32 Å². The van der Waals surface area contributed by atoms with Crippen molar-refractivity contribution in [2.75, 3.05) is 7.05 Å². The first-order chi connectivity index (χ1) is 8.52. The predicted molar refractivity (Wildman–Crippen MR) is 81.2 cm³/mol. The normalized spacial score (nSPS) is 12.7. The smallest absolute Gasteiger partial charge is 0.0961 e. The van der Waals surface area contributed by atoms with Gasteiger partial charge in [-0.15, -0.1) is 11.3 Å². The van der Waals surface area contributed by atoms with Gasteiger partial charge in [0, 0.05) is 9.90 Å². The van der Waals surface area contributed by atoms with E-state index in [2.05, 4.69) is 23.5 Å². The molecule has 0 aliphatic carbocycles. The van der Waals surface area contributed by atoms with E-state index in [0.29, 0.717) is 0 Å². The lowest BCUT2D eigenvalue weighted by atomic mass is 10.0. The Balaban J connectivity index is 2.45. The first-order valence-corrected chi connectivity index (χ1v) is 7.29. The Hall–Kier alpha value is -0.540. The van der Waals surface area contributed by atoms with E-state index in [1.165, 1.54) is 10.4 Å². The summed E-state index contributed by atoms with van der Waals surface area (Å²) in [6.07, 6.45) is 0. The van der Waals surface area contributed by atoms with Gasteiger partial charge in [0.1, 0.15) is 0 Å². The summed E-state index contributed by atoms with van der Waals surface area (Å²) in [6.45, 7) is 4.06. The molecule has 4 heteroatoms. The summed E-state index contributed by atoms with van der Waals surface area (Å²) in [6, 6.07) is 8.34. The maximum atomic E-state index is 6.33. The maximum absolute atomic E-state index is 6.33. The average Bonchev–Trinajstić information content (AvgIpc) is 2.63. The van der Waals surface area contributed by atoms with Gasteiger partial charge in [0.25, 0.3) is 0 Å². The first-order valence-electron chi connectivity index (χ1n) is 5.72. The Morgan fingerprint density at radius 1 is 1.17 bits per heavy atom. The summed E-state index contributed by atoms with van der Waals surface area (Å²) in [5.74, 6) is 0. The molecule has 0 fully saturated rings. The Kier molecular flexibility index (Phi) is 4.33. The Bertz CT molecular complexity index is 543.